The van der Waals surface area contributed by atoms with Gasteiger partial charge in [-0.05, 0) is 73.7 Å². The van der Waals surface area contributed by atoms with Crippen molar-refractivity contribution in [3.05, 3.63) is 84.1 Å². The number of carbonyl (C=O) groups excluding carboxylic acids is 2. The van der Waals surface area contributed by atoms with E-state index in [4.69, 9.17) is 5.26 Å². The minimum atomic E-state index is -0.672. The summed E-state index contributed by atoms with van der Waals surface area (Å²) < 4.78 is 2.06. The number of nitrogens with zero attached hydrogens (tertiary/aromatic N) is 4. The summed E-state index contributed by atoms with van der Waals surface area (Å²) in [4.78, 5) is 34.4. The molecule has 1 saturated carbocycles. The normalized spacial score (nSPS) is 13.7. The van der Waals surface area contributed by atoms with Crippen LogP contribution in [-0.2, 0) is 4.79 Å². The number of rotatable bonds is 8. The molecule has 0 aliphatic heterocycles. The zero-order chi connectivity index (χ0) is 25.1. The Morgan fingerprint density at radius 2 is 2.03 bits per heavy atom. The van der Waals surface area contributed by atoms with E-state index in [-0.39, 0.29) is 17.5 Å². The Hall–Kier alpha value is -4.51. The first kappa shape index (κ1) is 23.2. The average Bonchev–Trinajstić information content (AvgIpc) is 3.63. The van der Waals surface area contributed by atoms with Crippen LogP contribution in [0.1, 0.15) is 47.3 Å². The fraction of sp³-hybridized carbons (Fsp3) is 0.250. The third kappa shape index (κ3) is 5.10. The molecule has 1 atom stereocenters. The predicted molar refractivity (Wildman–Crippen MR) is 137 cm³/mol. The third-order valence-corrected chi connectivity index (χ3v) is 6.55. The van der Waals surface area contributed by atoms with Crippen LogP contribution in [0.5, 0.6) is 0 Å². The fourth-order valence-electron chi connectivity index (χ4n) is 4.34. The summed E-state index contributed by atoms with van der Waals surface area (Å²) in [6, 6.07) is 14.1. The number of nitrogens with one attached hydrogen (secondary N) is 2. The Bertz CT molecular complexity index is 1460. The highest BCUT2D eigenvalue weighted by Crippen LogP contribution is 2.34. The molecule has 3 aromatic heterocycles. The molecule has 8 heteroatoms. The number of hydrogen-bond donors (Lipinski definition) is 2. The summed E-state index contributed by atoms with van der Waals surface area (Å²) in [7, 11) is 0. The quantitative estimate of drug-likeness (QED) is 0.386. The van der Waals surface area contributed by atoms with Gasteiger partial charge in [-0.1, -0.05) is 12.8 Å². The van der Waals surface area contributed by atoms with Gasteiger partial charge in [0.1, 0.15) is 17.8 Å². The summed E-state index contributed by atoms with van der Waals surface area (Å²) in [5, 5.41) is 15.7. The molecule has 1 aliphatic carbocycles. The number of anilines is 1. The van der Waals surface area contributed by atoms with Gasteiger partial charge in [0.2, 0.25) is 5.91 Å². The minimum absolute atomic E-state index is 0.273. The number of pyridine rings is 2. The topological polar surface area (TPSA) is 113 Å². The summed E-state index contributed by atoms with van der Waals surface area (Å²) >= 11 is 0. The van der Waals surface area contributed by atoms with Gasteiger partial charge in [-0.25, -0.2) is 4.98 Å². The lowest BCUT2D eigenvalue weighted by molar-refractivity contribution is -0.118. The molecule has 5 rings (SSSR count). The second kappa shape index (κ2) is 10.0. The number of benzene rings is 1. The number of amides is 2. The van der Waals surface area contributed by atoms with E-state index in [0.717, 1.165) is 28.6 Å². The number of fused-ring (bicyclic) bond motifs is 1. The standard InChI is InChI=1S/C28H26N6O2/c1-18-14-23(34-13-11-20-16-30-12-10-26(20)34)7-8-24(18)27(35)33-25(9-4-19-2-3-19)28(36)32-22-6-5-21(15-29)31-17-22/h5-8,10-14,16-17,19,25H,2-4,9H2,1H3,(H,32,36)(H,33,35). The minimum Gasteiger partial charge on any atom is -0.340 e. The second-order valence-electron chi connectivity index (χ2n) is 9.20. The molecule has 1 unspecified atom stereocenters. The zero-order valence-electron chi connectivity index (χ0n) is 19.9. The molecule has 2 N–H and O–H groups in total. The third-order valence-electron chi connectivity index (χ3n) is 6.55. The molecule has 3 heterocycles. The molecule has 8 nitrogen and oxygen atoms in total. The van der Waals surface area contributed by atoms with E-state index in [9.17, 15) is 9.59 Å². The highest BCUT2D eigenvalue weighted by atomic mass is 16.2. The van der Waals surface area contributed by atoms with E-state index in [2.05, 4.69) is 25.2 Å². The molecule has 0 saturated heterocycles. The molecule has 180 valence electrons. The molecule has 36 heavy (non-hydrogen) atoms. The Morgan fingerprint density at radius 1 is 1.17 bits per heavy atom. The maximum atomic E-state index is 13.2. The lowest BCUT2D eigenvalue weighted by Crippen LogP contribution is -2.44. The second-order valence-corrected chi connectivity index (χ2v) is 9.20. The van der Waals surface area contributed by atoms with Crippen LogP contribution in [-0.4, -0.2) is 32.4 Å². The number of nitriles is 1. The van der Waals surface area contributed by atoms with Crippen molar-refractivity contribution in [2.45, 2.75) is 38.6 Å². The zero-order valence-corrected chi connectivity index (χ0v) is 19.9. The molecule has 0 spiro atoms. The van der Waals surface area contributed by atoms with Crippen LogP contribution < -0.4 is 10.6 Å². The van der Waals surface area contributed by atoms with E-state index < -0.39 is 6.04 Å². The van der Waals surface area contributed by atoms with Crippen molar-refractivity contribution in [1.29, 1.82) is 5.26 Å². The summed E-state index contributed by atoms with van der Waals surface area (Å²) in [6.45, 7) is 1.90. The van der Waals surface area contributed by atoms with Gasteiger partial charge in [-0.2, -0.15) is 5.26 Å². The molecule has 0 bridgehead atoms. The molecule has 1 fully saturated rings. The molecule has 1 aromatic carbocycles. The summed E-state index contributed by atoms with van der Waals surface area (Å²) in [5.41, 5.74) is 4.09. The van der Waals surface area contributed by atoms with Crippen molar-refractivity contribution in [2.24, 2.45) is 5.92 Å². The first-order valence-electron chi connectivity index (χ1n) is 12.0. The van der Waals surface area contributed by atoms with Crippen LogP contribution >= 0.6 is 0 Å². The predicted octanol–water partition coefficient (Wildman–Crippen LogP) is 4.53. The van der Waals surface area contributed by atoms with E-state index in [0.29, 0.717) is 23.6 Å². The Labute approximate surface area is 209 Å². The fourth-order valence-corrected chi connectivity index (χ4v) is 4.34. The van der Waals surface area contributed by atoms with Crippen molar-refractivity contribution in [3.63, 3.8) is 0 Å². The SMILES string of the molecule is Cc1cc(-n2ccc3cnccc32)ccc1C(=O)NC(CCC1CC1)C(=O)Nc1ccc(C#N)nc1. The Balaban J connectivity index is 1.32. The molecule has 1 aliphatic rings. The molecule has 2 amide bonds. The maximum absolute atomic E-state index is 13.2. The Kier molecular flexibility index (Phi) is 6.46. The number of carbonyl (C=O) groups is 2. The summed E-state index contributed by atoms with van der Waals surface area (Å²) in [5.74, 6) is 0.0492. The smallest absolute Gasteiger partial charge is 0.252 e. The van der Waals surface area contributed by atoms with Gasteiger partial charge in [0.05, 0.1) is 17.4 Å². The average molecular weight is 479 g/mol. The van der Waals surface area contributed by atoms with Gasteiger partial charge in [-0.3, -0.25) is 14.6 Å². The number of aryl methyl sites for hydroxylation is 1. The molecule has 0 radical (unpaired) electrons. The maximum Gasteiger partial charge on any atom is 0.252 e. The van der Waals surface area contributed by atoms with Crippen molar-refractivity contribution < 1.29 is 9.59 Å². The van der Waals surface area contributed by atoms with Crippen molar-refractivity contribution >= 4 is 28.4 Å². The lowest BCUT2D eigenvalue weighted by Gasteiger charge is -2.19. The lowest BCUT2D eigenvalue weighted by atomic mass is 10.0. The van der Waals surface area contributed by atoms with Crippen LogP contribution in [0.4, 0.5) is 5.69 Å². The van der Waals surface area contributed by atoms with E-state index in [1.165, 1.54) is 19.0 Å². The summed E-state index contributed by atoms with van der Waals surface area (Å²) in [6.07, 6.45) is 10.8. The van der Waals surface area contributed by atoms with Crippen LogP contribution in [0.3, 0.4) is 0 Å². The molecular formula is C28H26N6O2. The van der Waals surface area contributed by atoms with Gasteiger partial charge in [0.25, 0.3) is 5.91 Å². The van der Waals surface area contributed by atoms with Crippen LogP contribution in [0, 0.1) is 24.2 Å². The van der Waals surface area contributed by atoms with Crippen LogP contribution in [0.15, 0.2) is 67.3 Å². The Morgan fingerprint density at radius 3 is 2.75 bits per heavy atom. The van der Waals surface area contributed by atoms with Gasteiger partial charge < -0.3 is 15.2 Å². The largest absolute Gasteiger partial charge is 0.340 e. The first-order valence-corrected chi connectivity index (χ1v) is 12.0. The van der Waals surface area contributed by atoms with Crippen LogP contribution in [0.2, 0.25) is 0 Å². The number of aromatic nitrogens is 3. The molecular weight excluding hydrogens is 452 g/mol. The highest BCUT2D eigenvalue weighted by Gasteiger charge is 2.27. The van der Waals surface area contributed by atoms with Gasteiger partial charge in [0.15, 0.2) is 0 Å². The van der Waals surface area contributed by atoms with E-state index in [1.54, 1.807) is 24.4 Å². The van der Waals surface area contributed by atoms with Crippen molar-refractivity contribution in [3.8, 4) is 11.8 Å². The van der Waals surface area contributed by atoms with E-state index in [1.807, 2.05) is 49.7 Å². The monoisotopic (exact) mass is 478 g/mol. The van der Waals surface area contributed by atoms with Gasteiger partial charge >= 0.3 is 0 Å². The van der Waals surface area contributed by atoms with Crippen molar-refractivity contribution in [1.82, 2.24) is 19.9 Å². The van der Waals surface area contributed by atoms with Crippen molar-refractivity contribution in [2.75, 3.05) is 5.32 Å². The number of hydrogen-bond acceptors (Lipinski definition) is 5. The van der Waals surface area contributed by atoms with Gasteiger partial charge in [0, 0.05) is 35.2 Å². The molecule has 4 aromatic rings. The van der Waals surface area contributed by atoms with Gasteiger partial charge in [-0.15, -0.1) is 0 Å². The first-order chi connectivity index (χ1) is 17.5. The van der Waals surface area contributed by atoms with E-state index >= 15 is 0 Å². The highest BCUT2D eigenvalue weighted by molar-refractivity contribution is 6.02. The van der Waals surface area contributed by atoms with Crippen LogP contribution in [0.25, 0.3) is 16.6 Å².